The van der Waals surface area contributed by atoms with E-state index >= 15 is 0 Å². The molecule has 0 aliphatic heterocycles. The average molecular weight is 185 g/mol. The summed E-state index contributed by atoms with van der Waals surface area (Å²) in [4.78, 5) is 0. The van der Waals surface area contributed by atoms with Crippen LogP contribution in [-0.4, -0.2) is 6.43 Å². The summed E-state index contributed by atoms with van der Waals surface area (Å²) in [5, 5.41) is 0. The molecule has 0 heterocycles. The first-order valence-electron chi connectivity index (χ1n) is 4.27. The fourth-order valence-electron chi connectivity index (χ4n) is 1.12. The smallest absolute Gasteiger partial charge is 0.257 e. The van der Waals surface area contributed by atoms with Crippen molar-refractivity contribution in [3.8, 4) is 0 Å². The maximum atomic E-state index is 12.2. The van der Waals surface area contributed by atoms with Gasteiger partial charge in [0.05, 0.1) is 6.04 Å². The summed E-state index contributed by atoms with van der Waals surface area (Å²) in [6.45, 7) is 2.02. The minimum Gasteiger partial charge on any atom is -0.319 e. The molecule has 0 aromatic heterocycles. The Kier molecular flexibility index (Phi) is 3.37. The van der Waals surface area contributed by atoms with Crippen LogP contribution in [0.1, 0.15) is 24.1 Å². The van der Waals surface area contributed by atoms with Gasteiger partial charge in [-0.15, -0.1) is 0 Å². The molecule has 0 spiro atoms. The van der Waals surface area contributed by atoms with E-state index in [0.717, 1.165) is 12.0 Å². The minimum absolute atomic E-state index is 0.493. The molecule has 1 rings (SSSR count). The van der Waals surface area contributed by atoms with Gasteiger partial charge in [0.25, 0.3) is 6.43 Å². The quantitative estimate of drug-likeness (QED) is 0.769. The Morgan fingerprint density at radius 3 is 2.15 bits per heavy atom. The van der Waals surface area contributed by atoms with Crippen LogP contribution in [0, 0.1) is 0 Å². The molecule has 2 N–H and O–H groups in total. The van der Waals surface area contributed by atoms with Crippen molar-refractivity contribution in [2.45, 2.75) is 25.8 Å². The van der Waals surface area contributed by atoms with Crippen LogP contribution in [0.15, 0.2) is 24.3 Å². The third kappa shape index (κ3) is 2.49. The van der Waals surface area contributed by atoms with Gasteiger partial charge in [0.15, 0.2) is 0 Å². The normalized spacial score (nSPS) is 13.3. The van der Waals surface area contributed by atoms with E-state index in [-0.39, 0.29) is 0 Å². The summed E-state index contributed by atoms with van der Waals surface area (Å²) >= 11 is 0. The third-order valence-corrected chi connectivity index (χ3v) is 2.04. The topological polar surface area (TPSA) is 26.0 Å². The van der Waals surface area contributed by atoms with Crippen molar-refractivity contribution in [1.82, 2.24) is 0 Å². The maximum absolute atomic E-state index is 12.2. The van der Waals surface area contributed by atoms with Crippen LogP contribution in [0.3, 0.4) is 0 Å². The summed E-state index contributed by atoms with van der Waals surface area (Å²) in [6.07, 6.45) is -1.59. The fourth-order valence-corrected chi connectivity index (χ4v) is 1.12. The zero-order chi connectivity index (χ0) is 9.84. The van der Waals surface area contributed by atoms with Gasteiger partial charge in [-0.2, -0.15) is 0 Å². The number of hydrogen-bond acceptors (Lipinski definition) is 1. The van der Waals surface area contributed by atoms with E-state index < -0.39 is 12.5 Å². The molecule has 0 saturated carbocycles. The van der Waals surface area contributed by atoms with E-state index in [1.807, 2.05) is 19.1 Å². The Hall–Kier alpha value is -0.960. The Morgan fingerprint density at radius 1 is 1.23 bits per heavy atom. The molecule has 0 radical (unpaired) electrons. The summed E-state index contributed by atoms with van der Waals surface area (Å²) < 4.78 is 24.3. The van der Waals surface area contributed by atoms with Crippen molar-refractivity contribution < 1.29 is 8.78 Å². The summed E-state index contributed by atoms with van der Waals surface area (Å²) in [5.41, 5.74) is 6.90. The molecule has 0 aliphatic rings. The molecule has 0 bridgehead atoms. The van der Waals surface area contributed by atoms with Crippen LogP contribution in [0.2, 0.25) is 0 Å². The molecule has 72 valence electrons. The molecular formula is C10H13F2N. The molecule has 13 heavy (non-hydrogen) atoms. The lowest BCUT2D eigenvalue weighted by Gasteiger charge is -2.10. The highest BCUT2D eigenvalue weighted by Gasteiger charge is 2.16. The van der Waals surface area contributed by atoms with Crippen molar-refractivity contribution in [3.05, 3.63) is 35.4 Å². The summed E-state index contributed by atoms with van der Waals surface area (Å²) in [5.74, 6) is 0. The molecule has 1 aromatic carbocycles. The van der Waals surface area contributed by atoms with E-state index in [9.17, 15) is 8.78 Å². The first-order chi connectivity index (χ1) is 6.15. The Labute approximate surface area is 76.6 Å². The summed E-state index contributed by atoms with van der Waals surface area (Å²) in [6, 6.07) is 5.83. The van der Waals surface area contributed by atoms with Gasteiger partial charge in [0, 0.05) is 0 Å². The van der Waals surface area contributed by atoms with Crippen LogP contribution >= 0.6 is 0 Å². The summed E-state index contributed by atoms with van der Waals surface area (Å²) in [7, 11) is 0. The zero-order valence-corrected chi connectivity index (χ0v) is 7.50. The van der Waals surface area contributed by atoms with Gasteiger partial charge in [0.1, 0.15) is 0 Å². The molecule has 1 nitrogen and oxygen atoms in total. The number of rotatable bonds is 3. The van der Waals surface area contributed by atoms with Crippen molar-refractivity contribution in [3.63, 3.8) is 0 Å². The van der Waals surface area contributed by atoms with Gasteiger partial charge in [-0.25, -0.2) is 8.78 Å². The molecule has 0 amide bonds. The number of hydrogen-bond donors (Lipinski definition) is 1. The van der Waals surface area contributed by atoms with Gasteiger partial charge < -0.3 is 5.73 Å². The predicted octanol–water partition coefficient (Wildman–Crippen LogP) is 2.51. The first-order valence-corrected chi connectivity index (χ1v) is 4.27. The maximum Gasteiger partial charge on any atom is 0.257 e. The number of nitrogens with two attached hydrogens (primary N) is 1. The van der Waals surface area contributed by atoms with E-state index in [4.69, 9.17) is 5.73 Å². The minimum atomic E-state index is -2.49. The molecular weight excluding hydrogens is 172 g/mol. The van der Waals surface area contributed by atoms with Gasteiger partial charge in [0.2, 0.25) is 0 Å². The van der Waals surface area contributed by atoms with Gasteiger partial charge in [-0.05, 0) is 17.5 Å². The molecule has 3 heteroatoms. The van der Waals surface area contributed by atoms with Crippen molar-refractivity contribution in [1.29, 1.82) is 0 Å². The van der Waals surface area contributed by atoms with Crippen LogP contribution in [0.5, 0.6) is 0 Å². The highest BCUT2D eigenvalue weighted by Crippen LogP contribution is 2.18. The lowest BCUT2D eigenvalue weighted by Crippen LogP contribution is -2.18. The second kappa shape index (κ2) is 4.33. The molecule has 1 atom stereocenters. The SMILES string of the molecule is CCc1ccc([C@@H](N)C(F)F)cc1. The Balaban J connectivity index is 2.79. The molecule has 1 aromatic rings. The predicted molar refractivity (Wildman–Crippen MR) is 48.8 cm³/mol. The lowest BCUT2D eigenvalue weighted by atomic mass is 10.1. The number of alkyl halides is 2. The highest BCUT2D eigenvalue weighted by atomic mass is 19.3. The van der Waals surface area contributed by atoms with Crippen molar-refractivity contribution >= 4 is 0 Å². The number of benzene rings is 1. The lowest BCUT2D eigenvalue weighted by molar-refractivity contribution is 0.116. The number of halogens is 2. The molecule has 0 unspecified atom stereocenters. The number of aryl methyl sites for hydroxylation is 1. The van der Waals surface area contributed by atoms with Gasteiger partial charge in [-0.3, -0.25) is 0 Å². The van der Waals surface area contributed by atoms with E-state index in [1.54, 1.807) is 12.1 Å². The van der Waals surface area contributed by atoms with Crippen LogP contribution < -0.4 is 5.73 Å². The average Bonchev–Trinajstić information content (AvgIpc) is 2.17. The first kappa shape index (κ1) is 10.1. The highest BCUT2D eigenvalue weighted by molar-refractivity contribution is 5.25. The van der Waals surface area contributed by atoms with Gasteiger partial charge in [-0.1, -0.05) is 31.2 Å². The van der Waals surface area contributed by atoms with Crippen molar-refractivity contribution in [2.24, 2.45) is 5.73 Å². The Bertz CT molecular complexity index is 256. The van der Waals surface area contributed by atoms with Crippen LogP contribution in [0.25, 0.3) is 0 Å². The standard InChI is InChI=1S/C10H13F2N/c1-2-7-3-5-8(6-4-7)9(13)10(11)12/h3-6,9-10H,2,13H2,1H3/t9-/m1/s1. The monoisotopic (exact) mass is 185 g/mol. The Morgan fingerprint density at radius 2 is 1.77 bits per heavy atom. The largest absolute Gasteiger partial charge is 0.319 e. The fraction of sp³-hybridized carbons (Fsp3) is 0.400. The molecule has 0 saturated heterocycles. The van der Waals surface area contributed by atoms with E-state index in [2.05, 4.69) is 0 Å². The second-order valence-electron chi connectivity index (χ2n) is 2.96. The van der Waals surface area contributed by atoms with E-state index in [1.165, 1.54) is 0 Å². The van der Waals surface area contributed by atoms with E-state index in [0.29, 0.717) is 5.56 Å². The van der Waals surface area contributed by atoms with Crippen molar-refractivity contribution in [2.75, 3.05) is 0 Å². The van der Waals surface area contributed by atoms with Crippen LogP contribution in [-0.2, 0) is 6.42 Å². The van der Waals surface area contributed by atoms with Gasteiger partial charge >= 0.3 is 0 Å². The zero-order valence-electron chi connectivity index (χ0n) is 7.50. The second-order valence-corrected chi connectivity index (χ2v) is 2.96. The molecule has 0 fully saturated rings. The third-order valence-electron chi connectivity index (χ3n) is 2.04. The molecule has 0 aliphatic carbocycles. The van der Waals surface area contributed by atoms with Crippen LogP contribution in [0.4, 0.5) is 8.78 Å².